The van der Waals surface area contributed by atoms with E-state index >= 15 is 0 Å². The standard InChI is InChI=1S/C16H14O2S/c1-18-16(17)11-9-14-6-4-13(5-7-14)8-10-15-3-2-12-19-15/h2-7,12H,9,11H2,1H3. The maximum absolute atomic E-state index is 11.0. The van der Waals surface area contributed by atoms with Crippen molar-refractivity contribution in [2.24, 2.45) is 0 Å². The third-order valence-electron chi connectivity index (χ3n) is 2.65. The van der Waals surface area contributed by atoms with E-state index < -0.39 is 0 Å². The molecule has 0 amide bonds. The van der Waals surface area contributed by atoms with Crippen LogP contribution in [-0.2, 0) is 16.0 Å². The number of aryl methyl sites for hydroxylation is 1. The molecule has 0 spiro atoms. The zero-order chi connectivity index (χ0) is 13.5. The summed E-state index contributed by atoms with van der Waals surface area (Å²) in [4.78, 5) is 12.1. The molecular formula is C16H14O2S. The van der Waals surface area contributed by atoms with Crippen LogP contribution in [0.5, 0.6) is 0 Å². The van der Waals surface area contributed by atoms with Crippen LogP contribution in [0.2, 0.25) is 0 Å². The molecule has 0 unspecified atom stereocenters. The molecule has 1 heterocycles. The molecule has 0 aliphatic rings. The molecule has 0 aliphatic carbocycles. The number of esters is 1. The molecule has 2 aromatic rings. The smallest absolute Gasteiger partial charge is 0.305 e. The summed E-state index contributed by atoms with van der Waals surface area (Å²) in [5, 5.41) is 2.01. The topological polar surface area (TPSA) is 26.3 Å². The highest BCUT2D eigenvalue weighted by Gasteiger charge is 2.00. The van der Waals surface area contributed by atoms with Crippen LogP contribution in [0.1, 0.15) is 22.4 Å². The van der Waals surface area contributed by atoms with Crippen molar-refractivity contribution in [3.05, 3.63) is 57.8 Å². The minimum Gasteiger partial charge on any atom is -0.469 e. The van der Waals surface area contributed by atoms with Crippen molar-refractivity contribution in [3.63, 3.8) is 0 Å². The third kappa shape index (κ3) is 4.27. The van der Waals surface area contributed by atoms with Gasteiger partial charge in [0, 0.05) is 12.0 Å². The van der Waals surface area contributed by atoms with Crippen molar-refractivity contribution in [1.29, 1.82) is 0 Å². The van der Waals surface area contributed by atoms with Gasteiger partial charge in [0.05, 0.1) is 12.0 Å². The number of carbonyl (C=O) groups excluding carboxylic acids is 1. The number of hydrogen-bond acceptors (Lipinski definition) is 3. The van der Waals surface area contributed by atoms with Gasteiger partial charge in [-0.05, 0) is 35.6 Å². The summed E-state index contributed by atoms with van der Waals surface area (Å²) in [5.74, 6) is 6.05. The van der Waals surface area contributed by atoms with Gasteiger partial charge in [0.1, 0.15) is 0 Å². The zero-order valence-electron chi connectivity index (χ0n) is 10.7. The van der Waals surface area contributed by atoms with E-state index in [0.29, 0.717) is 12.8 Å². The molecule has 0 saturated carbocycles. The lowest BCUT2D eigenvalue weighted by atomic mass is 10.1. The van der Waals surface area contributed by atoms with E-state index in [1.54, 1.807) is 11.3 Å². The normalized spacial score (nSPS) is 9.53. The Labute approximate surface area is 117 Å². The zero-order valence-corrected chi connectivity index (χ0v) is 11.5. The molecule has 2 nitrogen and oxygen atoms in total. The van der Waals surface area contributed by atoms with Gasteiger partial charge in [-0.15, -0.1) is 11.3 Å². The number of thiophene rings is 1. The SMILES string of the molecule is COC(=O)CCc1ccc(C#Cc2cccs2)cc1. The van der Waals surface area contributed by atoms with Crippen LogP contribution < -0.4 is 0 Å². The lowest BCUT2D eigenvalue weighted by Crippen LogP contribution is -2.01. The molecule has 0 atom stereocenters. The van der Waals surface area contributed by atoms with Gasteiger partial charge in [-0.2, -0.15) is 0 Å². The van der Waals surface area contributed by atoms with Crippen molar-refractivity contribution in [2.45, 2.75) is 12.8 Å². The Morgan fingerprint density at radius 1 is 1.21 bits per heavy atom. The summed E-state index contributed by atoms with van der Waals surface area (Å²) in [5.41, 5.74) is 2.10. The maximum atomic E-state index is 11.0. The summed E-state index contributed by atoms with van der Waals surface area (Å²) in [6.07, 6.45) is 1.11. The second-order valence-corrected chi connectivity index (χ2v) is 4.95. The van der Waals surface area contributed by atoms with E-state index in [1.807, 2.05) is 41.8 Å². The minimum absolute atomic E-state index is 0.179. The van der Waals surface area contributed by atoms with Gasteiger partial charge < -0.3 is 4.74 Å². The molecule has 0 aliphatic heterocycles. The van der Waals surface area contributed by atoms with E-state index in [2.05, 4.69) is 16.6 Å². The molecule has 0 N–H and O–H groups in total. The van der Waals surface area contributed by atoms with Gasteiger partial charge in [0.2, 0.25) is 0 Å². The molecule has 2 rings (SSSR count). The molecule has 96 valence electrons. The summed E-state index contributed by atoms with van der Waals surface area (Å²) >= 11 is 1.63. The van der Waals surface area contributed by atoms with Crippen LogP contribution in [0.15, 0.2) is 41.8 Å². The van der Waals surface area contributed by atoms with Gasteiger partial charge >= 0.3 is 5.97 Å². The third-order valence-corrected chi connectivity index (χ3v) is 3.44. The highest BCUT2D eigenvalue weighted by molar-refractivity contribution is 7.10. The van der Waals surface area contributed by atoms with E-state index in [1.165, 1.54) is 7.11 Å². The Morgan fingerprint density at radius 3 is 2.63 bits per heavy atom. The minimum atomic E-state index is -0.179. The number of rotatable bonds is 3. The highest BCUT2D eigenvalue weighted by Crippen LogP contribution is 2.09. The fourth-order valence-electron chi connectivity index (χ4n) is 1.59. The van der Waals surface area contributed by atoms with Crippen molar-refractivity contribution in [1.82, 2.24) is 0 Å². The van der Waals surface area contributed by atoms with Crippen LogP contribution in [0, 0.1) is 11.8 Å². The second-order valence-electron chi connectivity index (χ2n) is 4.00. The molecule has 0 bridgehead atoms. The van der Waals surface area contributed by atoms with E-state index in [0.717, 1.165) is 16.0 Å². The van der Waals surface area contributed by atoms with Crippen molar-refractivity contribution >= 4 is 17.3 Å². The lowest BCUT2D eigenvalue weighted by Gasteiger charge is -2.00. The van der Waals surface area contributed by atoms with E-state index in [4.69, 9.17) is 0 Å². The number of carbonyl (C=O) groups is 1. The predicted molar refractivity (Wildman–Crippen MR) is 77.1 cm³/mol. The number of methoxy groups -OCH3 is 1. The Balaban J connectivity index is 1.96. The summed E-state index contributed by atoms with van der Waals surface area (Å²) in [6, 6.07) is 12.0. The molecular weight excluding hydrogens is 256 g/mol. The highest BCUT2D eigenvalue weighted by atomic mass is 32.1. The van der Waals surface area contributed by atoms with Gasteiger partial charge in [-0.1, -0.05) is 30.0 Å². The van der Waals surface area contributed by atoms with Crippen molar-refractivity contribution in [2.75, 3.05) is 7.11 Å². The Hall–Kier alpha value is -2.05. The molecule has 19 heavy (non-hydrogen) atoms. The summed E-state index contributed by atoms with van der Waals surface area (Å²) in [6.45, 7) is 0. The Bertz CT molecular complexity index is 586. The van der Waals surface area contributed by atoms with Gasteiger partial charge in [0.25, 0.3) is 0 Å². The molecule has 0 saturated heterocycles. The van der Waals surface area contributed by atoms with Gasteiger partial charge in [0.15, 0.2) is 0 Å². The molecule has 0 fully saturated rings. The number of benzene rings is 1. The van der Waals surface area contributed by atoms with Crippen LogP contribution in [0.3, 0.4) is 0 Å². The van der Waals surface area contributed by atoms with Gasteiger partial charge in [-0.3, -0.25) is 4.79 Å². The van der Waals surface area contributed by atoms with Crippen LogP contribution in [-0.4, -0.2) is 13.1 Å². The van der Waals surface area contributed by atoms with Crippen LogP contribution >= 0.6 is 11.3 Å². The number of hydrogen-bond donors (Lipinski definition) is 0. The largest absolute Gasteiger partial charge is 0.469 e. The number of ether oxygens (including phenoxy) is 1. The monoisotopic (exact) mass is 270 g/mol. The Kier molecular flexibility index (Phi) is 4.77. The first kappa shape index (κ1) is 13.4. The van der Waals surface area contributed by atoms with Crippen molar-refractivity contribution < 1.29 is 9.53 Å². The average Bonchev–Trinajstić information content (AvgIpc) is 2.97. The fourth-order valence-corrected chi connectivity index (χ4v) is 2.16. The average molecular weight is 270 g/mol. The molecule has 3 heteroatoms. The lowest BCUT2D eigenvalue weighted by molar-refractivity contribution is -0.140. The first-order chi connectivity index (χ1) is 9.28. The quantitative estimate of drug-likeness (QED) is 0.632. The van der Waals surface area contributed by atoms with Gasteiger partial charge in [-0.25, -0.2) is 0 Å². The van der Waals surface area contributed by atoms with E-state index in [-0.39, 0.29) is 5.97 Å². The van der Waals surface area contributed by atoms with Crippen molar-refractivity contribution in [3.8, 4) is 11.8 Å². The molecule has 1 aromatic carbocycles. The maximum Gasteiger partial charge on any atom is 0.305 e. The van der Waals surface area contributed by atoms with Crippen LogP contribution in [0.25, 0.3) is 0 Å². The summed E-state index contributed by atoms with van der Waals surface area (Å²) in [7, 11) is 1.41. The molecule has 0 radical (unpaired) electrons. The summed E-state index contributed by atoms with van der Waals surface area (Å²) < 4.78 is 4.62. The molecule has 1 aromatic heterocycles. The van der Waals surface area contributed by atoms with E-state index in [9.17, 15) is 4.79 Å². The fraction of sp³-hybridized carbons (Fsp3) is 0.188. The van der Waals surface area contributed by atoms with Crippen LogP contribution in [0.4, 0.5) is 0 Å². The predicted octanol–water partition coefficient (Wildman–Crippen LogP) is 3.25. The second kappa shape index (κ2) is 6.77. The first-order valence-electron chi connectivity index (χ1n) is 5.99. The Morgan fingerprint density at radius 2 is 2.00 bits per heavy atom. The first-order valence-corrected chi connectivity index (χ1v) is 6.87.